The second-order valence-corrected chi connectivity index (χ2v) is 4.80. The second-order valence-electron chi connectivity index (χ2n) is 4.80. The molecular formula is C14H20N4O. The topological polar surface area (TPSA) is 63.8 Å². The molecule has 0 spiro atoms. The highest BCUT2D eigenvalue weighted by molar-refractivity contribution is 5.55. The van der Waals surface area contributed by atoms with Gasteiger partial charge in [-0.1, -0.05) is 19.0 Å². The summed E-state index contributed by atoms with van der Waals surface area (Å²) in [5, 5.41) is 7.33. The van der Waals surface area contributed by atoms with E-state index >= 15 is 0 Å². The highest BCUT2D eigenvalue weighted by Gasteiger charge is 2.15. The Labute approximate surface area is 113 Å². The molecule has 0 aliphatic carbocycles. The van der Waals surface area contributed by atoms with Crippen molar-refractivity contribution in [3.8, 4) is 11.4 Å². The van der Waals surface area contributed by atoms with Crippen LogP contribution in [0.2, 0.25) is 0 Å². The quantitative estimate of drug-likeness (QED) is 0.894. The number of rotatable bonds is 5. The number of pyridine rings is 1. The zero-order valence-electron chi connectivity index (χ0n) is 11.9. The van der Waals surface area contributed by atoms with Crippen LogP contribution in [0.4, 0.5) is 0 Å². The van der Waals surface area contributed by atoms with E-state index in [2.05, 4.69) is 34.3 Å². The van der Waals surface area contributed by atoms with Crippen LogP contribution in [0.1, 0.15) is 37.0 Å². The first-order valence-electron chi connectivity index (χ1n) is 6.60. The van der Waals surface area contributed by atoms with Crippen LogP contribution in [0.3, 0.4) is 0 Å². The van der Waals surface area contributed by atoms with E-state index in [0.29, 0.717) is 11.7 Å². The van der Waals surface area contributed by atoms with Gasteiger partial charge in [0.25, 0.3) is 0 Å². The number of aromatic nitrogens is 3. The third-order valence-corrected chi connectivity index (χ3v) is 2.90. The molecule has 1 atom stereocenters. The molecule has 2 heterocycles. The highest BCUT2D eigenvalue weighted by atomic mass is 16.5. The smallest absolute Gasteiger partial charge is 0.231 e. The number of nitrogens with zero attached hydrogens (tertiary/aromatic N) is 3. The van der Waals surface area contributed by atoms with Crippen molar-refractivity contribution in [1.82, 2.24) is 20.4 Å². The summed E-state index contributed by atoms with van der Waals surface area (Å²) in [6.07, 6.45) is 0. The van der Waals surface area contributed by atoms with Gasteiger partial charge in [0.05, 0.1) is 0 Å². The van der Waals surface area contributed by atoms with Crippen molar-refractivity contribution in [3.05, 3.63) is 29.4 Å². The molecule has 2 aromatic rings. The van der Waals surface area contributed by atoms with Crippen molar-refractivity contribution in [1.29, 1.82) is 0 Å². The minimum atomic E-state index is 0.213. The minimum absolute atomic E-state index is 0.213. The number of hydrogen-bond acceptors (Lipinski definition) is 5. The molecule has 102 valence electrons. The maximum absolute atomic E-state index is 5.34. The van der Waals surface area contributed by atoms with Gasteiger partial charge in [0.1, 0.15) is 0 Å². The fourth-order valence-corrected chi connectivity index (χ4v) is 1.96. The Morgan fingerprint density at radius 1 is 1.21 bits per heavy atom. The zero-order chi connectivity index (χ0) is 13.8. The van der Waals surface area contributed by atoms with E-state index in [9.17, 15) is 0 Å². The van der Waals surface area contributed by atoms with Crippen LogP contribution in [0, 0.1) is 13.8 Å². The van der Waals surface area contributed by atoms with Crippen LogP contribution < -0.4 is 5.32 Å². The summed E-state index contributed by atoms with van der Waals surface area (Å²) in [5.74, 6) is 1.51. The predicted octanol–water partition coefficient (Wildman–Crippen LogP) is 2.46. The van der Waals surface area contributed by atoms with Gasteiger partial charge in [-0.3, -0.25) is 4.98 Å². The molecule has 0 aromatic carbocycles. The molecule has 19 heavy (non-hydrogen) atoms. The van der Waals surface area contributed by atoms with Crippen molar-refractivity contribution in [2.24, 2.45) is 0 Å². The van der Waals surface area contributed by atoms with E-state index in [0.717, 1.165) is 30.0 Å². The summed E-state index contributed by atoms with van der Waals surface area (Å²) in [6, 6.07) is 3.94. The molecule has 2 rings (SSSR count). The fourth-order valence-electron chi connectivity index (χ4n) is 1.96. The first kappa shape index (κ1) is 13.7. The molecule has 1 unspecified atom stereocenters. The summed E-state index contributed by atoms with van der Waals surface area (Å²) in [6.45, 7) is 9.86. The molecule has 0 saturated carbocycles. The van der Waals surface area contributed by atoms with Gasteiger partial charge in [-0.2, -0.15) is 4.98 Å². The van der Waals surface area contributed by atoms with Crippen LogP contribution in [-0.2, 0) is 0 Å². The van der Waals surface area contributed by atoms with Gasteiger partial charge in [-0.25, -0.2) is 0 Å². The third-order valence-electron chi connectivity index (χ3n) is 2.90. The summed E-state index contributed by atoms with van der Waals surface area (Å²) in [4.78, 5) is 8.82. The molecule has 0 aliphatic rings. The minimum Gasteiger partial charge on any atom is -0.339 e. The maximum Gasteiger partial charge on any atom is 0.231 e. The average Bonchev–Trinajstić information content (AvgIpc) is 2.84. The summed E-state index contributed by atoms with van der Waals surface area (Å²) in [5.41, 5.74) is 2.87. The summed E-state index contributed by atoms with van der Waals surface area (Å²) in [7, 11) is 0. The normalized spacial score (nSPS) is 12.6. The van der Waals surface area contributed by atoms with Gasteiger partial charge in [-0.15, -0.1) is 0 Å². The zero-order valence-corrected chi connectivity index (χ0v) is 11.9. The van der Waals surface area contributed by atoms with Crippen molar-refractivity contribution in [3.63, 3.8) is 0 Å². The lowest BCUT2D eigenvalue weighted by molar-refractivity contribution is 0.355. The number of aryl methyl sites for hydroxylation is 2. The molecule has 1 N–H and O–H groups in total. The van der Waals surface area contributed by atoms with E-state index in [1.165, 1.54) is 0 Å². The van der Waals surface area contributed by atoms with E-state index in [1.54, 1.807) is 0 Å². The largest absolute Gasteiger partial charge is 0.339 e. The lowest BCUT2D eigenvalue weighted by Gasteiger charge is -2.05. The maximum atomic E-state index is 5.34. The van der Waals surface area contributed by atoms with Gasteiger partial charge in [0, 0.05) is 29.4 Å². The Morgan fingerprint density at radius 3 is 2.53 bits per heavy atom. The molecule has 0 bridgehead atoms. The molecular weight excluding hydrogens is 240 g/mol. The van der Waals surface area contributed by atoms with Crippen LogP contribution in [-0.4, -0.2) is 28.2 Å². The van der Waals surface area contributed by atoms with Gasteiger partial charge in [-0.05, 0) is 32.5 Å². The Balaban J connectivity index is 2.20. The molecule has 0 amide bonds. The average molecular weight is 260 g/mol. The highest BCUT2D eigenvalue weighted by Crippen LogP contribution is 2.20. The van der Waals surface area contributed by atoms with Gasteiger partial charge >= 0.3 is 0 Å². The summed E-state index contributed by atoms with van der Waals surface area (Å²) >= 11 is 0. The van der Waals surface area contributed by atoms with Crippen LogP contribution >= 0.6 is 0 Å². The van der Waals surface area contributed by atoms with Crippen LogP contribution in [0.15, 0.2) is 16.7 Å². The number of hydrogen-bond donors (Lipinski definition) is 1. The molecule has 5 nitrogen and oxygen atoms in total. The second kappa shape index (κ2) is 5.93. The first-order chi connectivity index (χ1) is 9.10. The molecule has 0 aliphatic heterocycles. The monoisotopic (exact) mass is 260 g/mol. The molecule has 0 radical (unpaired) electrons. The molecule has 5 heteroatoms. The standard InChI is InChI=1S/C14H20N4O/c1-5-15-8-9(2)14-17-13(18-19-14)12-6-10(3)16-11(4)7-12/h6-7,9,15H,5,8H2,1-4H3. The Kier molecular flexibility index (Phi) is 4.27. The summed E-state index contributed by atoms with van der Waals surface area (Å²) < 4.78 is 5.34. The van der Waals surface area contributed by atoms with E-state index in [1.807, 2.05) is 26.0 Å². The predicted molar refractivity (Wildman–Crippen MR) is 74.0 cm³/mol. The lowest BCUT2D eigenvalue weighted by Crippen LogP contribution is -2.19. The van der Waals surface area contributed by atoms with Crippen molar-refractivity contribution in [2.75, 3.05) is 13.1 Å². The molecule has 0 saturated heterocycles. The fraction of sp³-hybridized carbons (Fsp3) is 0.500. The van der Waals surface area contributed by atoms with Gasteiger partial charge in [0.2, 0.25) is 11.7 Å². The van der Waals surface area contributed by atoms with E-state index in [4.69, 9.17) is 4.52 Å². The number of nitrogens with one attached hydrogen (secondary N) is 1. The van der Waals surface area contributed by atoms with Crippen molar-refractivity contribution >= 4 is 0 Å². The van der Waals surface area contributed by atoms with Crippen LogP contribution in [0.25, 0.3) is 11.4 Å². The molecule has 2 aromatic heterocycles. The Hall–Kier alpha value is -1.75. The van der Waals surface area contributed by atoms with E-state index in [-0.39, 0.29) is 5.92 Å². The van der Waals surface area contributed by atoms with Gasteiger partial charge < -0.3 is 9.84 Å². The first-order valence-corrected chi connectivity index (χ1v) is 6.60. The Morgan fingerprint density at radius 2 is 1.89 bits per heavy atom. The Bertz CT molecular complexity index is 530. The SMILES string of the molecule is CCNCC(C)c1nc(-c2cc(C)nc(C)c2)no1. The third kappa shape index (κ3) is 3.38. The van der Waals surface area contributed by atoms with E-state index < -0.39 is 0 Å². The van der Waals surface area contributed by atoms with Crippen LogP contribution in [0.5, 0.6) is 0 Å². The number of likely N-dealkylation sites (N-methyl/N-ethyl adjacent to an activating group) is 1. The lowest BCUT2D eigenvalue weighted by atomic mass is 10.1. The van der Waals surface area contributed by atoms with Crippen molar-refractivity contribution in [2.45, 2.75) is 33.6 Å². The molecule has 0 fully saturated rings. The van der Waals surface area contributed by atoms with Crippen molar-refractivity contribution < 1.29 is 4.52 Å². The van der Waals surface area contributed by atoms with Gasteiger partial charge in [0.15, 0.2) is 0 Å².